The second kappa shape index (κ2) is 9.34. The fourth-order valence-corrected chi connectivity index (χ4v) is 3.78. The van der Waals surface area contributed by atoms with E-state index in [0.29, 0.717) is 12.3 Å². The first-order valence-electron chi connectivity index (χ1n) is 10.1. The molecule has 144 valence electrons. The van der Waals surface area contributed by atoms with E-state index in [1.54, 1.807) is 0 Å². The van der Waals surface area contributed by atoms with Crippen LogP contribution < -0.4 is 0 Å². The molecule has 1 fully saturated rings. The number of benzene rings is 1. The Hall–Kier alpha value is -1.64. The molecule has 3 heteroatoms. The molecule has 0 radical (unpaired) electrons. The summed E-state index contributed by atoms with van der Waals surface area (Å²) in [5, 5.41) is 0. The number of unbranched alkanes of at least 4 members (excludes halogenated alkanes) is 4. The van der Waals surface area contributed by atoms with Crippen molar-refractivity contribution in [1.82, 2.24) is 0 Å². The van der Waals surface area contributed by atoms with Crippen molar-refractivity contribution in [2.75, 3.05) is 0 Å². The highest BCUT2D eigenvalue weighted by Gasteiger charge is 2.55. The van der Waals surface area contributed by atoms with E-state index >= 15 is 0 Å². The van der Waals surface area contributed by atoms with Gasteiger partial charge >= 0.3 is 5.97 Å². The van der Waals surface area contributed by atoms with Crippen LogP contribution in [0.4, 0.5) is 0 Å². The summed E-state index contributed by atoms with van der Waals surface area (Å²) in [7, 11) is 0. The van der Waals surface area contributed by atoms with E-state index in [4.69, 9.17) is 4.74 Å². The Kier molecular flexibility index (Phi) is 7.43. The summed E-state index contributed by atoms with van der Waals surface area (Å²) in [5.41, 5.74) is 0.267. The summed E-state index contributed by atoms with van der Waals surface area (Å²) in [6.45, 7) is 7.91. The van der Waals surface area contributed by atoms with Crippen molar-refractivity contribution in [3.8, 4) is 0 Å². The van der Waals surface area contributed by atoms with Crippen LogP contribution in [0.2, 0.25) is 0 Å². The minimum Gasteiger partial charge on any atom is -0.460 e. The molecule has 0 heterocycles. The summed E-state index contributed by atoms with van der Waals surface area (Å²) in [4.78, 5) is 25.1. The van der Waals surface area contributed by atoms with Crippen LogP contribution in [-0.2, 0) is 9.53 Å². The number of carbonyl (C=O) groups is 2. The van der Waals surface area contributed by atoms with Gasteiger partial charge in [-0.3, -0.25) is 9.59 Å². The van der Waals surface area contributed by atoms with Crippen LogP contribution in [0, 0.1) is 17.8 Å². The maximum absolute atomic E-state index is 12.6. The zero-order valence-electron chi connectivity index (χ0n) is 16.8. The number of hydrogen-bond acceptors (Lipinski definition) is 3. The fraction of sp³-hybridized carbons (Fsp3) is 0.652. The summed E-state index contributed by atoms with van der Waals surface area (Å²) >= 11 is 0. The summed E-state index contributed by atoms with van der Waals surface area (Å²) in [6, 6.07) is 9.39. The normalized spacial score (nSPS) is 22.1. The molecule has 26 heavy (non-hydrogen) atoms. The van der Waals surface area contributed by atoms with Crippen molar-refractivity contribution in [1.29, 1.82) is 0 Å². The van der Waals surface area contributed by atoms with Crippen molar-refractivity contribution >= 4 is 11.8 Å². The molecule has 1 aliphatic carbocycles. The van der Waals surface area contributed by atoms with Crippen molar-refractivity contribution < 1.29 is 14.3 Å². The predicted molar refractivity (Wildman–Crippen MR) is 105 cm³/mol. The van der Waals surface area contributed by atoms with Crippen LogP contribution in [0.3, 0.4) is 0 Å². The molecule has 0 unspecified atom stereocenters. The molecule has 0 aromatic heterocycles. The zero-order chi connectivity index (χ0) is 19.2. The Morgan fingerprint density at radius 1 is 0.962 bits per heavy atom. The molecule has 0 saturated heterocycles. The number of esters is 1. The molecular formula is C23H34O3. The van der Waals surface area contributed by atoms with E-state index in [1.807, 2.05) is 51.1 Å². The topological polar surface area (TPSA) is 43.4 Å². The molecule has 0 N–H and O–H groups in total. The Bertz CT molecular complexity index is 585. The van der Waals surface area contributed by atoms with Gasteiger partial charge in [-0.2, -0.15) is 0 Å². The molecule has 1 aromatic carbocycles. The van der Waals surface area contributed by atoms with Gasteiger partial charge in [-0.25, -0.2) is 0 Å². The van der Waals surface area contributed by atoms with Crippen LogP contribution in [-0.4, -0.2) is 17.4 Å². The third-order valence-electron chi connectivity index (χ3n) is 5.17. The molecule has 0 bridgehead atoms. The maximum Gasteiger partial charge on any atom is 0.310 e. The maximum atomic E-state index is 12.6. The zero-order valence-corrected chi connectivity index (χ0v) is 16.8. The van der Waals surface area contributed by atoms with Crippen molar-refractivity contribution in [2.45, 2.75) is 78.2 Å². The van der Waals surface area contributed by atoms with Gasteiger partial charge in [-0.05, 0) is 39.0 Å². The summed E-state index contributed by atoms with van der Waals surface area (Å²) in [5.74, 6) is 0.357. The van der Waals surface area contributed by atoms with Gasteiger partial charge in [0.25, 0.3) is 0 Å². The standard InChI is InChI=1S/C23H34O3/c1-5-6-7-8-12-15-18-19(21(18)22(25)26-23(2,3)4)16-20(24)17-13-10-9-11-14-17/h9-11,13-14,18-19,21H,5-8,12,15-16H2,1-4H3/t18-,19-,21-/m0/s1. The van der Waals surface area contributed by atoms with Gasteiger partial charge in [0.2, 0.25) is 0 Å². The monoisotopic (exact) mass is 358 g/mol. The van der Waals surface area contributed by atoms with E-state index in [9.17, 15) is 9.59 Å². The van der Waals surface area contributed by atoms with Gasteiger partial charge in [0.1, 0.15) is 5.60 Å². The lowest BCUT2D eigenvalue weighted by Crippen LogP contribution is -2.25. The largest absolute Gasteiger partial charge is 0.460 e. The van der Waals surface area contributed by atoms with Gasteiger partial charge < -0.3 is 4.74 Å². The highest BCUT2D eigenvalue weighted by molar-refractivity contribution is 5.97. The lowest BCUT2D eigenvalue weighted by molar-refractivity contribution is -0.157. The second-order valence-corrected chi connectivity index (χ2v) is 8.58. The molecule has 0 aliphatic heterocycles. The Balaban J connectivity index is 1.93. The molecule has 1 saturated carbocycles. The molecule has 3 atom stereocenters. The Morgan fingerprint density at radius 3 is 2.23 bits per heavy atom. The number of Topliss-reactive ketones (excluding diaryl/α,β-unsaturated/α-hetero) is 1. The Labute approximate surface area is 158 Å². The van der Waals surface area contributed by atoms with Gasteiger partial charge in [-0.1, -0.05) is 69.4 Å². The highest BCUT2D eigenvalue weighted by atomic mass is 16.6. The van der Waals surface area contributed by atoms with Gasteiger partial charge in [0, 0.05) is 12.0 Å². The molecule has 1 aromatic rings. The first-order valence-corrected chi connectivity index (χ1v) is 10.1. The SMILES string of the molecule is CCCCCCC[C@H]1[C@H](CC(=O)c2ccccc2)[C@H]1C(=O)OC(C)(C)C. The highest BCUT2D eigenvalue weighted by Crippen LogP contribution is 2.53. The number of ketones is 1. The summed E-state index contributed by atoms with van der Waals surface area (Å²) in [6.07, 6.45) is 7.60. The number of hydrogen-bond donors (Lipinski definition) is 0. The molecular weight excluding hydrogens is 324 g/mol. The van der Waals surface area contributed by atoms with E-state index < -0.39 is 5.60 Å². The Morgan fingerprint density at radius 2 is 1.62 bits per heavy atom. The average molecular weight is 359 g/mol. The number of carbonyl (C=O) groups excluding carboxylic acids is 2. The molecule has 0 spiro atoms. The number of rotatable bonds is 10. The minimum atomic E-state index is -0.473. The summed E-state index contributed by atoms with van der Waals surface area (Å²) < 4.78 is 5.60. The van der Waals surface area contributed by atoms with E-state index in [0.717, 1.165) is 18.4 Å². The van der Waals surface area contributed by atoms with Crippen molar-refractivity contribution in [3.05, 3.63) is 35.9 Å². The third kappa shape index (κ3) is 6.26. The van der Waals surface area contributed by atoms with Crippen molar-refractivity contribution in [3.63, 3.8) is 0 Å². The van der Waals surface area contributed by atoms with E-state index in [-0.39, 0.29) is 23.6 Å². The first-order chi connectivity index (χ1) is 12.3. The van der Waals surface area contributed by atoms with Crippen LogP contribution >= 0.6 is 0 Å². The molecule has 2 rings (SSSR count). The van der Waals surface area contributed by atoms with Gasteiger partial charge in [0.15, 0.2) is 5.78 Å². The number of ether oxygens (including phenoxy) is 1. The predicted octanol–water partition coefficient (Wildman–Crippen LogP) is 5.82. The third-order valence-corrected chi connectivity index (χ3v) is 5.17. The second-order valence-electron chi connectivity index (χ2n) is 8.58. The van der Waals surface area contributed by atoms with Crippen LogP contribution in [0.15, 0.2) is 30.3 Å². The van der Waals surface area contributed by atoms with Crippen LogP contribution in [0.5, 0.6) is 0 Å². The average Bonchev–Trinajstić information content (AvgIpc) is 3.26. The van der Waals surface area contributed by atoms with Gasteiger partial charge in [-0.15, -0.1) is 0 Å². The molecule has 3 nitrogen and oxygen atoms in total. The van der Waals surface area contributed by atoms with Crippen LogP contribution in [0.25, 0.3) is 0 Å². The molecule has 0 amide bonds. The lowest BCUT2D eigenvalue weighted by Gasteiger charge is -2.19. The lowest BCUT2D eigenvalue weighted by atomic mass is 10.0. The smallest absolute Gasteiger partial charge is 0.310 e. The fourth-order valence-electron chi connectivity index (χ4n) is 3.78. The van der Waals surface area contributed by atoms with E-state index in [2.05, 4.69) is 6.92 Å². The van der Waals surface area contributed by atoms with E-state index in [1.165, 1.54) is 25.7 Å². The van der Waals surface area contributed by atoms with Crippen molar-refractivity contribution in [2.24, 2.45) is 17.8 Å². The first kappa shape index (κ1) is 20.7. The molecule has 1 aliphatic rings. The van der Waals surface area contributed by atoms with Gasteiger partial charge in [0.05, 0.1) is 5.92 Å². The quantitative estimate of drug-likeness (QED) is 0.300. The minimum absolute atomic E-state index is 0.104. The van der Waals surface area contributed by atoms with Crippen LogP contribution in [0.1, 0.15) is 83.0 Å².